The lowest BCUT2D eigenvalue weighted by Gasteiger charge is -2.40. The molecule has 0 saturated carbocycles. The van der Waals surface area contributed by atoms with E-state index < -0.39 is 11.7 Å². The van der Waals surface area contributed by atoms with Crippen LogP contribution in [0.3, 0.4) is 0 Å². The van der Waals surface area contributed by atoms with Gasteiger partial charge in [-0.25, -0.2) is 0 Å². The Kier molecular flexibility index (Phi) is 6.13. The number of hydrogen-bond donors (Lipinski definition) is 0. The maximum absolute atomic E-state index is 13.2. The normalized spacial score (nSPS) is 17.8. The second-order valence-electron chi connectivity index (χ2n) is 7.07. The summed E-state index contributed by atoms with van der Waals surface area (Å²) in [5.41, 5.74) is 0.508. The van der Waals surface area contributed by atoms with Crippen molar-refractivity contribution in [3.63, 3.8) is 0 Å². The maximum atomic E-state index is 13.2. The predicted molar refractivity (Wildman–Crippen MR) is 98.3 cm³/mol. The van der Waals surface area contributed by atoms with Gasteiger partial charge in [0.2, 0.25) is 5.91 Å². The van der Waals surface area contributed by atoms with Crippen LogP contribution in [0, 0.1) is 11.3 Å². The van der Waals surface area contributed by atoms with E-state index in [1.807, 2.05) is 17.9 Å². The summed E-state index contributed by atoms with van der Waals surface area (Å²) < 4.78 is 39.6. The van der Waals surface area contributed by atoms with Crippen LogP contribution in [0.5, 0.6) is 0 Å². The van der Waals surface area contributed by atoms with Crippen molar-refractivity contribution in [2.75, 3.05) is 19.6 Å². The van der Waals surface area contributed by atoms with Gasteiger partial charge in [0.25, 0.3) is 0 Å². The smallest absolute Gasteiger partial charge is 0.337 e. The van der Waals surface area contributed by atoms with Crippen molar-refractivity contribution in [2.45, 2.75) is 32.1 Å². The molecule has 3 rings (SSSR count). The third kappa shape index (κ3) is 5.09. The predicted octanol–water partition coefficient (Wildman–Crippen LogP) is 2.64. The summed E-state index contributed by atoms with van der Waals surface area (Å²) in [5, 5.41) is 8.94. The number of nitrogens with zero attached hydrogens (tertiary/aromatic N) is 5. The molecule has 1 saturated heterocycles. The number of carbonyl (C=O) groups is 1. The first-order chi connectivity index (χ1) is 13.8. The van der Waals surface area contributed by atoms with Crippen LogP contribution < -0.4 is 0 Å². The number of nitriles is 1. The fraction of sp³-hybridized carbons (Fsp3) is 0.400. The van der Waals surface area contributed by atoms with Gasteiger partial charge in [0.1, 0.15) is 6.07 Å². The lowest BCUT2D eigenvalue weighted by atomic mass is 10.1. The molecular weight excluding hydrogens is 383 g/mol. The zero-order valence-electron chi connectivity index (χ0n) is 15.9. The van der Waals surface area contributed by atoms with Gasteiger partial charge in [-0.2, -0.15) is 18.4 Å². The van der Waals surface area contributed by atoms with Crippen LogP contribution >= 0.6 is 0 Å². The third-order valence-electron chi connectivity index (χ3n) is 4.91. The Hall–Kier alpha value is -2.99. The summed E-state index contributed by atoms with van der Waals surface area (Å²) in [7, 11) is 0. The highest BCUT2D eigenvalue weighted by molar-refractivity contribution is 5.79. The van der Waals surface area contributed by atoms with Crippen molar-refractivity contribution in [3.8, 4) is 6.07 Å². The molecular formula is C20H20F3N5O. The van der Waals surface area contributed by atoms with Gasteiger partial charge < -0.3 is 4.90 Å². The van der Waals surface area contributed by atoms with Gasteiger partial charge in [-0.05, 0) is 30.2 Å². The van der Waals surface area contributed by atoms with Crippen molar-refractivity contribution in [3.05, 3.63) is 59.2 Å². The van der Waals surface area contributed by atoms with E-state index in [4.69, 9.17) is 5.26 Å². The SMILES string of the molecule is C[C@@H]1CN(Cc2cnccc2C(F)(F)F)CCN1C(=O)Cc1cncc(C#N)c1. The van der Waals surface area contributed by atoms with Gasteiger partial charge in [0.15, 0.2) is 0 Å². The fourth-order valence-corrected chi connectivity index (χ4v) is 3.54. The zero-order valence-corrected chi connectivity index (χ0v) is 15.9. The summed E-state index contributed by atoms with van der Waals surface area (Å²) in [6, 6.07) is 4.47. The van der Waals surface area contributed by atoms with E-state index in [0.29, 0.717) is 30.8 Å². The lowest BCUT2D eigenvalue weighted by molar-refractivity contribution is -0.138. The minimum absolute atomic E-state index is 0.0913. The van der Waals surface area contributed by atoms with Crippen LogP contribution in [0.2, 0.25) is 0 Å². The number of aromatic nitrogens is 2. The Bertz CT molecular complexity index is 925. The highest BCUT2D eigenvalue weighted by atomic mass is 19.4. The summed E-state index contributed by atoms with van der Waals surface area (Å²) in [6.07, 6.45) is 1.09. The first-order valence-corrected chi connectivity index (χ1v) is 9.14. The second kappa shape index (κ2) is 8.57. The number of carbonyl (C=O) groups excluding carboxylic acids is 1. The van der Waals surface area contributed by atoms with Gasteiger partial charge >= 0.3 is 6.18 Å². The summed E-state index contributed by atoms with van der Waals surface area (Å²) >= 11 is 0. The lowest BCUT2D eigenvalue weighted by Crippen LogP contribution is -2.54. The Balaban J connectivity index is 1.62. The number of piperazine rings is 1. The molecule has 0 unspecified atom stereocenters. The topological polar surface area (TPSA) is 73.1 Å². The van der Waals surface area contributed by atoms with Gasteiger partial charge in [-0.15, -0.1) is 0 Å². The average Bonchev–Trinajstić information content (AvgIpc) is 2.67. The van der Waals surface area contributed by atoms with Gasteiger partial charge in [0.05, 0.1) is 17.5 Å². The van der Waals surface area contributed by atoms with E-state index in [-0.39, 0.29) is 30.5 Å². The Morgan fingerprint density at radius 1 is 1.28 bits per heavy atom. The molecule has 0 aromatic carbocycles. The quantitative estimate of drug-likeness (QED) is 0.785. The van der Waals surface area contributed by atoms with Gasteiger partial charge in [0, 0.05) is 57.0 Å². The van der Waals surface area contributed by atoms with Crippen LogP contribution in [-0.2, 0) is 23.9 Å². The molecule has 0 spiro atoms. The van der Waals surface area contributed by atoms with E-state index in [1.54, 1.807) is 17.2 Å². The summed E-state index contributed by atoms with van der Waals surface area (Å²) in [5.74, 6) is -0.0913. The third-order valence-corrected chi connectivity index (χ3v) is 4.91. The number of amides is 1. The molecule has 9 heteroatoms. The fourth-order valence-electron chi connectivity index (χ4n) is 3.54. The standard InChI is InChI=1S/C20H20F3N5O/c1-14-12-27(13-17-11-25-3-2-18(17)20(21,22)23)4-5-28(14)19(29)7-15-6-16(8-24)10-26-9-15/h2-3,6,9-11,14H,4-5,7,12-13H2,1H3/t14-/m1/s1. The highest BCUT2D eigenvalue weighted by Crippen LogP contribution is 2.32. The van der Waals surface area contributed by atoms with Crippen molar-refractivity contribution in [1.82, 2.24) is 19.8 Å². The van der Waals surface area contributed by atoms with Crippen LogP contribution in [0.15, 0.2) is 36.9 Å². The van der Waals surface area contributed by atoms with Crippen molar-refractivity contribution in [1.29, 1.82) is 5.26 Å². The summed E-state index contributed by atoms with van der Waals surface area (Å²) in [4.78, 5) is 24.1. The van der Waals surface area contributed by atoms with E-state index in [9.17, 15) is 18.0 Å². The number of pyridine rings is 2. The first kappa shape index (κ1) is 20.7. The van der Waals surface area contributed by atoms with Crippen molar-refractivity contribution >= 4 is 5.91 Å². The monoisotopic (exact) mass is 403 g/mol. The molecule has 6 nitrogen and oxygen atoms in total. The van der Waals surface area contributed by atoms with E-state index in [2.05, 4.69) is 9.97 Å². The minimum atomic E-state index is -4.42. The molecule has 1 aliphatic heterocycles. The highest BCUT2D eigenvalue weighted by Gasteiger charge is 2.34. The molecule has 1 aliphatic rings. The number of alkyl halides is 3. The van der Waals surface area contributed by atoms with Crippen molar-refractivity contribution < 1.29 is 18.0 Å². The minimum Gasteiger partial charge on any atom is -0.337 e. The second-order valence-corrected chi connectivity index (χ2v) is 7.07. The van der Waals surface area contributed by atoms with Crippen LogP contribution in [-0.4, -0.2) is 51.4 Å². The number of hydrogen-bond acceptors (Lipinski definition) is 5. The average molecular weight is 403 g/mol. The van der Waals surface area contributed by atoms with Gasteiger partial charge in [-0.1, -0.05) is 0 Å². The maximum Gasteiger partial charge on any atom is 0.416 e. The molecule has 2 aromatic rings. The molecule has 29 heavy (non-hydrogen) atoms. The van der Waals surface area contributed by atoms with Crippen LogP contribution in [0.1, 0.15) is 29.2 Å². The molecule has 0 radical (unpaired) electrons. The number of rotatable bonds is 4. The molecule has 0 N–H and O–H groups in total. The molecule has 0 aliphatic carbocycles. The van der Waals surface area contributed by atoms with E-state index >= 15 is 0 Å². The molecule has 0 bridgehead atoms. The Morgan fingerprint density at radius 2 is 2.07 bits per heavy atom. The molecule has 1 atom stereocenters. The van der Waals surface area contributed by atoms with E-state index in [0.717, 1.165) is 12.3 Å². The largest absolute Gasteiger partial charge is 0.416 e. The van der Waals surface area contributed by atoms with Crippen LogP contribution in [0.25, 0.3) is 0 Å². The molecule has 3 heterocycles. The molecule has 152 valence electrons. The summed E-state index contributed by atoms with van der Waals surface area (Å²) in [6.45, 7) is 3.37. The van der Waals surface area contributed by atoms with Crippen LogP contribution in [0.4, 0.5) is 13.2 Å². The number of halogens is 3. The Morgan fingerprint density at radius 3 is 2.76 bits per heavy atom. The molecule has 2 aromatic heterocycles. The zero-order chi connectivity index (χ0) is 21.0. The van der Waals surface area contributed by atoms with Gasteiger partial charge in [-0.3, -0.25) is 19.7 Å². The first-order valence-electron chi connectivity index (χ1n) is 9.14. The van der Waals surface area contributed by atoms with E-state index in [1.165, 1.54) is 12.4 Å². The Labute approximate surface area is 166 Å². The molecule has 1 amide bonds. The molecule has 1 fully saturated rings. The van der Waals surface area contributed by atoms with Crippen molar-refractivity contribution in [2.24, 2.45) is 0 Å².